The summed E-state index contributed by atoms with van der Waals surface area (Å²) in [5, 5.41) is 17.5. The molecule has 17 heteroatoms. The number of carboxylic acid groups (broad SMARTS) is 2. The first kappa shape index (κ1) is 31.2. The Hall–Kier alpha value is -4.02. The molecule has 2 fully saturated rings. The molecule has 0 bridgehead atoms. The number of nitrogens with one attached hydrogen (secondary N) is 1. The number of alkyl halides is 6. The first-order chi connectivity index (χ1) is 18.2. The van der Waals surface area contributed by atoms with Crippen molar-refractivity contribution in [2.75, 3.05) is 31.6 Å². The number of hydrogen-bond acceptors (Lipinski definition) is 8. The van der Waals surface area contributed by atoms with Crippen LogP contribution in [-0.4, -0.2) is 92.6 Å². The van der Waals surface area contributed by atoms with Gasteiger partial charge in [0.05, 0.1) is 12.7 Å². The van der Waals surface area contributed by atoms with Crippen LogP contribution in [0.15, 0.2) is 43.0 Å². The van der Waals surface area contributed by atoms with Crippen molar-refractivity contribution in [1.82, 2.24) is 19.9 Å². The van der Waals surface area contributed by atoms with Crippen molar-refractivity contribution in [3.05, 3.63) is 48.5 Å². The molecule has 2 saturated heterocycles. The van der Waals surface area contributed by atoms with E-state index in [9.17, 15) is 31.1 Å². The molecule has 0 saturated carbocycles. The molecule has 0 unspecified atom stereocenters. The summed E-state index contributed by atoms with van der Waals surface area (Å²) in [6.45, 7) is 2.92. The summed E-state index contributed by atoms with van der Waals surface area (Å²) in [6.07, 6.45) is -2.30. The minimum atomic E-state index is -5.08. The van der Waals surface area contributed by atoms with Gasteiger partial charge >= 0.3 is 24.3 Å². The minimum absolute atomic E-state index is 0.0834. The number of pyridine rings is 1. The van der Waals surface area contributed by atoms with Crippen LogP contribution >= 0.6 is 0 Å². The van der Waals surface area contributed by atoms with Gasteiger partial charge in [-0.2, -0.15) is 26.3 Å². The summed E-state index contributed by atoms with van der Waals surface area (Å²) < 4.78 is 69.5. The van der Waals surface area contributed by atoms with Crippen LogP contribution in [0.5, 0.6) is 0 Å². The highest BCUT2D eigenvalue weighted by atomic mass is 19.4. The van der Waals surface area contributed by atoms with Gasteiger partial charge in [0.1, 0.15) is 0 Å². The average Bonchev–Trinajstić information content (AvgIpc) is 3.30. The number of amides is 1. The van der Waals surface area contributed by atoms with Crippen LogP contribution in [0.1, 0.15) is 16.8 Å². The third-order valence-corrected chi connectivity index (χ3v) is 5.52. The molecule has 2 aromatic rings. The number of likely N-dealkylation sites (tertiary alicyclic amines) is 1. The molecule has 0 aliphatic carbocycles. The Morgan fingerprint density at radius 2 is 1.51 bits per heavy atom. The molecule has 3 atom stereocenters. The van der Waals surface area contributed by atoms with Gasteiger partial charge in [0, 0.05) is 55.9 Å². The van der Waals surface area contributed by atoms with E-state index in [2.05, 4.69) is 20.3 Å². The fourth-order valence-electron chi connectivity index (χ4n) is 3.74. The van der Waals surface area contributed by atoms with Crippen molar-refractivity contribution in [2.45, 2.75) is 24.9 Å². The first-order valence-corrected chi connectivity index (χ1v) is 11.1. The van der Waals surface area contributed by atoms with Gasteiger partial charge in [0.25, 0.3) is 5.91 Å². The van der Waals surface area contributed by atoms with Crippen LogP contribution in [-0.2, 0) is 14.3 Å². The Balaban J connectivity index is 0.000000317. The van der Waals surface area contributed by atoms with Crippen molar-refractivity contribution < 1.29 is 55.7 Å². The largest absolute Gasteiger partial charge is 0.490 e. The topological polar surface area (TPSA) is 155 Å². The third-order valence-electron chi connectivity index (χ3n) is 5.52. The van der Waals surface area contributed by atoms with Crippen LogP contribution in [0.4, 0.5) is 32.3 Å². The molecule has 39 heavy (non-hydrogen) atoms. The van der Waals surface area contributed by atoms with Gasteiger partial charge in [-0.1, -0.05) is 0 Å². The Kier molecular flexibility index (Phi) is 10.9. The molecular formula is C22H23F6N5O6. The molecule has 2 aromatic heterocycles. The van der Waals surface area contributed by atoms with Crippen molar-refractivity contribution in [2.24, 2.45) is 11.8 Å². The number of fused-ring (bicyclic) bond motifs is 1. The second-order valence-corrected chi connectivity index (χ2v) is 8.13. The van der Waals surface area contributed by atoms with E-state index >= 15 is 0 Å². The Bertz CT molecular complexity index is 1070. The van der Waals surface area contributed by atoms with E-state index < -0.39 is 24.3 Å². The monoisotopic (exact) mass is 567 g/mol. The van der Waals surface area contributed by atoms with E-state index in [1.54, 1.807) is 43.0 Å². The number of anilines is 1. The van der Waals surface area contributed by atoms with E-state index in [0.29, 0.717) is 36.5 Å². The van der Waals surface area contributed by atoms with Crippen LogP contribution in [0.3, 0.4) is 0 Å². The predicted octanol–water partition coefficient (Wildman–Crippen LogP) is 2.73. The molecule has 4 rings (SSSR count). The smallest absolute Gasteiger partial charge is 0.475 e. The molecule has 2 aliphatic rings. The summed E-state index contributed by atoms with van der Waals surface area (Å²) in [5.74, 6) is -3.94. The summed E-state index contributed by atoms with van der Waals surface area (Å²) in [7, 11) is 0. The highest BCUT2D eigenvalue weighted by molar-refractivity contribution is 5.94. The average molecular weight is 567 g/mol. The number of aromatic nitrogens is 3. The Morgan fingerprint density at radius 3 is 2.03 bits per heavy atom. The van der Waals surface area contributed by atoms with Gasteiger partial charge < -0.3 is 25.2 Å². The fraction of sp³-hybridized carbons (Fsp3) is 0.455. The SMILES string of the molecule is O=C(O)C(F)(F)F.O=C(O)C(F)(F)F.O=C(c1ccncc1)N1CC[C@@H]2[C@@H](CO[C@@H]2CNc2ncccn2)C1. The van der Waals surface area contributed by atoms with Crippen LogP contribution in [0, 0.1) is 11.8 Å². The van der Waals surface area contributed by atoms with Crippen LogP contribution < -0.4 is 5.32 Å². The van der Waals surface area contributed by atoms with Crippen LogP contribution in [0.25, 0.3) is 0 Å². The lowest BCUT2D eigenvalue weighted by Gasteiger charge is -2.35. The number of piperidine rings is 1. The lowest BCUT2D eigenvalue weighted by atomic mass is 9.84. The maximum atomic E-state index is 12.6. The van der Waals surface area contributed by atoms with Crippen molar-refractivity contribution in [1.29, 1.82) is 0 Å². The third kappa shape index (κ3) is 9.99. The van der Waals surface area contributed by atoms with E-state index in [-0.39, 0.29) is 12.0 Å². The van der Waals surface area contributed by atoms with Crippen molar-refractivity contribution in [3.8, 4) is 0 Å². The molecule has 3 N–H and O–H groups in total. The normalized spacial score (nSPS) is 20.4. The predicted molar refractivity (Wildman–Crippen MR) is 119 cm³/mol. The van der Waals surface area contributed by atoms with Gasteiger partial charge in [-0.25, -0.2) is 19.6 Å². The number of hydrogen-bond donors (Lipinski definition) is 3. The number of rotatable bonds is 4. The van der Waals surface area contributed by atoms with E-state index in [1.807, 2.05) is 4.90 Å². The first-order valence-electron chi connectivity index (χ1n) is 11.1. The number of ether oxygens (including phenoxy) is 1. The zero-order chi connectivity index (χ0) is 29.2. The number of halogens is 6. The molecule has 1 amide bonds. The minimum Gasteiger partial charge on any atom is -0.475 e. The van der Waals surface area contributed by atoms with E-state index in [1.165, 1.54) is 0 Å². The van der Waals surface area contributed by atoms with E-state index in [4.69, 9.17) is 24.5 Å². The highest BCUT2D eigenvalue weighted by Gasteiger charge is 2.42. The zero-order valence-corrected chi connectivity index (χ0v) is 19.9. The quantitative estimate of drug-likeness (QED) is 0.470. The molecular weight excluding hydrogens is 544 g/mol. The molecule has 2 aliphatic heterocycles. The summed E-state index contributed by atoms with van der Waals surface area (Å²) in [6, 6.07) is 5.33. The zero-order valence-electron chi connectivity index (χ0n) is 19.9. The maximum Gasteiger partial charge on any atom is 0.490 e. The molecule has 4 heterocycles. The molecule has 0 radical (unpaired) electrons. The molecule has 0 aromatic carbocycles. The fourth-order valence-corrected chi connectivity index (χ4v) is 3.74. The number of carbonyl (C=O) groups excluding carboxylic acids is 1. The molecule has 0 spiro atoms. The number of carbonyl (C=O) groups is 3. The summed E-state index contributed by atoms with van der Waals surface area (Å²) in [4.78, 5) is 44.7. The second kappa shape index (κ2) is 13.7. The molecule has 214 valence electrons. The number of carboxylic acids is 2. The summed E-state index contributed by atoms with van der Waals surface area (Å²) in [5.41, 5.74) is 0.701. The second-order valence-electron chi connectivity index (χ2n) is 8.13. The van der Waals surface area contributed by atoms with Crippen molar-refractivity contribution in [3.63, 3.8) is 0 Å². The lowest BCUT2D eigenvalue weighted by Crippen LogP contribution is -2.45. The standard InChI is InChI=1S/C18H21N5O2.2C2HF3O2/c24-17(13-2-7-19-8-3-13)23-9-4-15-14(11-23)12-25-16(15)10-22-18-20-5-1-6-21-18;2*3-2(4,5)1(6)7/h1-3,5-8,14-16H,4,9-12H2,(H,20,21,22);2*(H,6,7)/t14-,15-,16-;;/m1../s1. The van der Waals surface area contributed by atoms with Gasteiger partial charge in [-0.15, -0.1) is 0 Å². The maximum absolute atomic E-state index is 12.6. The lowest BCUT2D eigenvalue weighted by molar-refractivity contribution is -0.193. The summed E-state index contributed by atoms with van der Waals surface area (Å²) >= 11 is 0. The van der Waals surface area contributed by atoms with Gasteiger partial charge in [-0.05, 0) is 30.5 Å². The Labute approximate surface area is 216 Å². The number of aliphatic carboxylic acids is 2. The van der Waals surface area contributed by atoms with Crippen molar-refractivity contribution >= 4 is 23.8 Å². The highest BCUT2D eigenvalue weighted by Crippen LogP contribution is 2.34. The van der Waals surface area contributed by atoms with Gasteiger partial charge in [-0.3, -0.25) is 9.78 Å². The Morgan fingerprint density at radius 1 is 0.974 bits per heavy atom. The van der Waals surface area contributed by atoms with Crippen LogP contribution in [0.2, 0.25) is 0 Å². The van der Waals surface area contributed by atoms with Gasteiger partial charge in [0.2, 0.25) is 5.95 Å². The van der Waals surface area contributed by atoms with E-state index in [0.717, 1.165) is 19.5 Å². The van der Waals surface area contributed by atoms with Gasteiger partial charge in [0.15, 0.2) is 0 Å². The number of nitrogens with zero attached hydrogens (tertiary/aromatic N) is 4. The molecule has 11 nitrogen and oxygen atoms in total.